The minimum absolute atomic E-state index is 0.198. The Morgan fingerprint density at radius 2 is 1.70 bits per heavy atom. The summed E-state index contributed by atoms with van der Waals surface area (Å²) in [5, 5.41) is 8.61. The zero-order valence-electron chi connectivity index (χ0n) is 17.5. The maximum Gasteiger partial charge on any atom is 0.274 e. The van der Waals surface area contributed by atoms with E-state index in [1.54, 1.807) is 4.90 Å². The van der Waals surface area contributed by atoms with Crippen molar-refractivity contribution >= 4 is 0 Å². The molecule has 156 valence electrons. The molecular formula is C23H28N4O3+2. The van der Waals surface area contributed by atoms with E-state index in [2.05, 4.69) is 48.3 Å². The number of benzene rings is 2. The molecule has 0 saturated carbocycles. The van der Waals surface area contributed by atoms with Crippen LogP contribution in [0.3, 0.4) is 0 Å². The Bertz CT molecular complexity index is 1010. The highest BCUT2D eigenvalue weighted by Gasteiger charge is 2.31. The van der Waals surface area contributed by atoms with Gasteiger partial charge in [0.15, 0.2) is 17.5 Å². The van der Waals surface area contributed by atoms with Gasteiger partial charge >= 0.3 is 0 Å². The second-order valence-corrected chi connectivity index (χ2v) is 8.31. The van der Waals surface area contributed by atoms with Crippen molar-refractivity contribution in [2.75, 3.05) is 33.0 Å². The third-order valence-electron chi connectivity index (χ3n) is 6.21. The fraction of sp³-hybridized carbons (Fsp3) is 0.391. The van der Waals surface area contributed by atoms with Gasteiger partial charge in [-0.3, -0.25) is 0 Å². The molecule has 1 saturated heterocycles. The first kappa shape index (κ1) is 19.1. The standard InChI is InChI=1S/C23H26N4O3/c1-16-3-6-19(7-4-16)23-25-24-22(30-23)17(2)27-11-9-26(10-12-27)14-18-5-8-20-21(13-18)29-15-28-20/h3-8,13,17H,9-12,14-15H2,1-2H3/p+2/t17-/m0/s1. The van der Waals surface area contributed by atoms with E-state index in [-0.39, 0.29) is 6.04 Å². The zero-order valence-corrected chi connectivity index (χ0v) is 17.5. The van der Waals surface area contributed by atoms with Gasteiger partial charge in [-0.25, -0.2) is 0 Å². The van der Waals surface area contributed by atoms with Gasteiger partial charge < -0.3 is 23.7 Å². The topological polar surface area (TPSA) is 66.3 Å². The van der Waals surface area contributed by atoms with Crippen molar-refractivity contribution < 1.29 is 23.7 Å². The number of aromatic nitrogens is 2. The smallest absolute Gasteiger partial charge is 0.274 e. The molecule has 3 aromatic rings. The molecule has 1 fully saturated rings. The molecule has 2 N–H and O–H groups in total. The Labute approximate surface area is 176 Å². The third-order valence-corrected chi connectivity index (χ3v) is 6.21. The Morgan fingerprint density at radius 1 is 0.933 bits per heavy atom. The first-order chi connectivity index (χ1) is 14.7. The van der Waals surface area contributed by atoms with Crippen LogP contribution in [-0.4, -0.2) is 43.2 Å². The largest absolute Gasteiger partial charge is 0.454 e. The van der Waals surface area contributed by atoms with Crippen molar-refractivity contribution in [2.24, 2.45) is 0 Å². The molecule has 7 heteroatoms. The number of hydrogen-bond acceptors (Lipinski definition) is 5. The van der Waals surface area contributed by atoms with E-state index >= 15 is 0 Å². The van der Waals surface area contributed by atoms with Gasteiger partial charge in [0.05, 0.1) is 0 Å². The highest BCUT2D eigenvalue weighted by Crippen LogP contribution is 2.32. The molecule has 0 radical (unpaired) electrons. The Kier molecular flexibility index (Phi) is 5.14. The molecule has 5 rings (SSSR count). The predicted molar refractivity (Wildman–Crippen MR) is 111 cm³/mol. The first-order valence-corrected chi connectivity index (χ1v) is 10.6. The monoisotopic (exact) mass is 408 g/mol. The summed E-state index contributed by atoms with van der Waals surface area (Å²) >= 11 is 0. The fourth-order valence-corrected chi connectivity index (χ4v) is 4.27. The van der Waals surface area contributed by atoms with Crippen LogP contribution >= 0.6 is 0 Å². The SMILES string of the molecule is Cc1ccc(-c2nnc([C@H](C)[NH+]3CC[NH+](Cc4ccc5c(c4)OCO5)CC3)o2)cc1. The lowest BCUT2D eigenvalue weighted by molar-refractivity contribution is -1.03. The molecule has 3 heterocycles. The van der Waals surface area contributed by atoms with E-state index < -0.39 is 0 Å². The number of nitrogens with zero attached hydrogens (tertiary/aromatic N) is 2. The van der Waals surface area contributed by atoms with Crippen LogP contribution in [0.5, 0.6) is 11.5 Å². The number of fused-ring (bicyclic) bond motifs is 1. The summed E-state index contributed by atoms with van der Waals surface area (Å²) in [6, 6.07) is 14.7. The Hall–Kier alpha value is -2.90. The summed E-state index contributed by atoms with van der Waals surface area (Å²) in [7, 11) is 0. The molecule has 0 amide bonds. The van der Waals surface area contributed by atoms with E-state index in [1.807, 2.05) is 18.2 Å². The van der Waals surface area contributed by atoms with Crippen molar-refractivity contribution in [2.45, 2.75) is 26.4 Å². The third kappa shape index (κ3) is 3.91. The van der Waals surface area contributed by atoms with E-state index in [9.17, 15) is 0 Å². The lowest BCUT2D eigenvalue weighted by atomic mass is 10.1. The number of aryl methyl sites for hydroxylation is 1. The molecule has 1 aromatic heterocycles. The predicted octanol–water partition coefficient (Wildman–Crippen LogP) is 0.818. The molecule has 2 aliphatic heterocycles. The molecule has 30 heavy (non-hydrogen) atoms. The number of rotatable bonds is 5. The van der Waals surface area contributed by atoms with E-state index in [0.29, 0.717) is 12.7 Å². The van der Waals surface area contributed by atoms with Crippen molar-refractivity contribution in [3.05, 3.63) is 59.5 Å². The first-order valence-electron chi connectivity index (χ1n) is 10.6. The van der Waals surface area contributed by atoms with Gasteiger partial charge in [0.25, 0.3) is 5.89 Å². The highest BCUT2D eigenvalue weighted by molar-refractivity contribution is 5.52. The molecule has 0 bridgehead atoms. The van der Waals surface area contributed by atoms with Gasteiger partial charge in [0.1, 0.15) is 32.7 Å². The average molecular weight is 409 g/mol. The number of nitrogens with one attached hydrogen (secondary N) is 2. The van der Waals surface area contributed by atoms with E-state index in [1.165, 1.54) is 16.0 Å². The molecule has 1 atom stereocenters. The number of quaternary nitrogens is 2. The van der Waals surface area contributed by atoms with Crippen LogP contribution in [0.25, 0.3) is 11.5 Å². The van der Waals surface area contributed by atoms with Gasteiger partial charge in [0, 0.05) is 11.1 Å². The van der Waals surface area contributed by atoms with Crippen molar-refractivity contribution in [1.82, 2.24) is 10.2 Å². The maximum atomic E-state index is 6.01. The van der Waals surface area contributed by atoms with Crippen LogP contribution in [-0.2, 0) is 6.54 Å². The molecule has 7 nitrogen and oxygen atoms in total. The average Bonchev–Trinajstić information content (AvgIpc) is 3.44. The molecule has 0 unspecified atom stereocenters. The van der Waals surface area contributed by atoms with E-state index in [4.69, 9.17) is 13.9 Å². The zero-order chi connectivity index (χ0) is 20.5. The number of piperazine rings is 1. The normalized spacial score (nSPS) is 21.5. The van der Waals surface area contributed by atoms with Crippen molar-refractivity contribution in [3.63, 3.8) is 0 Å². The lowest BCUT2D eigenvalue weighted by Gasteiger charge is -2.32. The summed E-state index contributed by atoms with van der Waals surface area (Å²) in [6.45, 7) is 10.0. The quantitative estimate of drug-likeness (QED) is 0.654. The molecule has 0 aliphatic carbocycles. The van der Waals surface area contributed by atoms with Gasteiger partial charge in [-0.2, -0.15) is 0 Å². The van der Waals surface area contributed by atoms with Crippen LogP contribution in [0.2, 0.25) is 0 Å². The minimum Gasteiger partial charge on any atom is -0.454 e. The number of ether oxygens (including phenoxy) is 2. The number of hydrogen-bond donors (Lipinski definition) is 2. The summed E-state index contributed by atoms with van der Waals surface area (Å²) < 4.78 is 16.9. The van der Waals surface area contributed by atoms with Crippen LogP contribution in [0.15, 0.2) is 46.9 Å². The van der Waals surface area contributed by atoms with Crippen LogP contribution in [0.4, 0.5) is 0 Å². The molecular weight excluding hydrogens is 380 g/mol. The Morgan fingerprint density at radius 3 is 2.50 bits per heavy atom. The molecule has 2 aromatic carbocycles. The molecule has 2 aliphatic rings. The van der Waals surface area contributed by atoms with Gasteiger partial charge in [-0.1, -0.05) is 17.7 Å². The van der Waals surface area contributed by atoms with Crippen molar-refractivity contribution in [3.8, 4) is 23.0 Å². The van der Waals surface area contributed by atoms with Crippen LogP contribution in [0.1, 0.15) is 30.0 Å². The second kappa shape index (κ2) is 8.08. The van der Waals surface area contributed by atoms with Crippen LogP contribution < -0.4 is 19.3 Å². The highest BCUT2D eigenvalue weighted by atomic mass is 16.7. The van der Waals surface area contributed by atoms with Gasteiger partial charge in [-0.05, 0) is 44.2 Å². The van der Waals surface area contributed by atoms with Crippen LogP contribution in [0, 0.1) is 6.92 Å². The maximum absolute atomic E-state index is 6.01. The lowest BCUT2D eigenvalue weighted by Crippen LogP contribution is -3.27. The van der Waals surface area contributed by atoms with E-state index in [0.717, 1.165) is 55.7 Å². The van der Waals surface area contributed by atoms with Gasteiger partial charge in [-0.15, -0.1) is 10.2 Å². The van der Waals surface area contributed by atoms with Crippen molar-refractivity contribution in [1.29, 1.82) is 0 Å². The Balaban J connectivity index is 1.18. The summed E-state index contributed by atoms with van der Waals surface area (Å²) in [6.07, 6.45) is 0. The summed E-state index contributed by atoms with van der Waals surface area (Å²) in [5.41, 5.74) is 3.49. The second-order valence-electron chi connectivity index (χ2n) is 8.31. The summed E-state index contributed by atoms with van der Waals surface area (Å²) in [4.78, 5) is 3.10. The minimum atomic E-state index is 0.198. The molecule has 0 spiro atoms. The fourth-order valence-electron chi connectivity index (χ4n) is 4.27. The summed E-state index contributed by atoms with van der Waals surface area (Å²) in [5.74, 6) is 3.04. The van der Waals surface area contributed by atoms with Gasteiger partial charge in [0.2, 0.25) is 12.7 Å².